The lowest BCUT2D eigenvalue weighted by Gasteiger charge is -2.45. The van der Waals surface area contributed by atoms with Gasteiger partial charge in [-0.3, -0.25) is 0 Å². The second-order valence-corrected chi connectivity index (χ2v) is 5.80. The third-order valence-corrected chi connectivity index (χ3v) is 4.75. The number of fused-ring (bicyclic) bond motifs is 4. The average Bonchev–Trinajstić information content (AvgIpc) is 2.70. The van der Waals surface area contributed by atoms with E-state index >= 15 is 0 Å². The van der Waals surface area contributed by atoms with Crippen molar-refractivity contribution in [2.75, 3.05) is 6.61 Å². The van der Waals surface area contributed by atoms with E-state index in [-0.39, 0.29) is 5.60 Å². The van der Waals surface area contributed by atoms with Gasteiger partial charge in [-0.1, -0.05) is 24.3 Å². The highest BCUT2D eigenvalue weighted by Crippen LogP contribution is 2.46. The Hall–Kier alpha value is -0.860. The molecule has 3 aliphatic rings. The Morgan fingerprint density at radius 2 is 1.88 bits per heavy atom. The first-order valence-electron chi connectivity index (χ1n) is 6.84. The van der Waals surface area contributed by atoms with Crippen molar-refractivity contribution in [3.8, 4) is 0 Å². The second-order valence-electron chi connectivity index (χ2n) is 5.80. The monoisotopic (exact) mass is 229 g/mol. The quantitative estimate of drug-likeness (QED) is 0.737. The minimum absolute atomic E-state index is 0.0337. The number of rotatable bonds is 0. The van der Waals surface area contributed by atoms with Gasteiger partial charge in [0, 0.05) is 12.1 Å². The molecule has 2 atom stereocenters. The molecule has 2 bridgehead atoms. The van der Waals surface area contributed by atoms with E-state index in [0.29, 0.717) is 12.1 Å². The molecular weight excluding hydrogens is 210 g/mol. The molecule has 2 nitrogen and oxygen atoms in total. The van der Waals surface area contributed by atoms with Gasteiger partial charge in [0.05, 0.1) is 12.2 Å². The molecule has 2 saturated heterocycles. The van der Waals surface area contributed by atoms with E-state index in [0.717, 1.165) is 13.0 Å². The number of piperidine rings is 1. The van der Waals surface area contributed by atoms with Crippen LogP contribution in [-0.4, -0.2) is 18.7 Å². The van der Waals surface area contributed by atoms with Crippen LogP contribution in [0.2, 0.25) is 0 Å². The summed E-state index contributed by atoms with van der Waals surface area (Å²) in [5, 5.41) is 3.71. The summed E-state index contributed by atoms with van der Waals surface area (Å²) in [6.07, 6.45) is 6.08. The maximum atomic E-state index is 6.27. The highest BCUT2D eigenvalue weighted by molar-refractivity contribution is 5.36. The van der Waals surface area contributed by atoms with Crippen molar-refractivity contribution in [3.05, 3.63) is 35.4 Å². The molecular formula is C15H19NO. The maximum absolute atomic E-state index is 6.27. The number of hydrogen-bond donors (Lipinski definition) is 1. The van der Waals surface area contributed by atoms with Crippen LogP contribution in [0.4, 0.5) is 0 Å². The van der Waals surface area contributed by atoms with Crippen molar-refractivity contribution in [1.82, 2.24) is 5.32 Å². The average molecular weight is 229 g/mol. The van der Waals surface area contributed by atoms with E-state index in [1.807, 2.05) is 0 Å². The van der Waals surface area contributed by atoms with Crippen LogP contribution in [0.3, 0.4) is 0 Å². The number of benzene rings is 1. The summed E-state index contributed by atoms with van der Waals surface area (Å²) in [6, 6.07) is 10.3. The highest BCUT2D eigenvalue weighted by Gasteiger charge is 2.47. The minimum Gasteiger partial charge on any atom is -0.370 e. The molecule has 2 heteroatoms. The normalized spacial score (nSPS) is 39.3. The van der Waals surface area contributed by atoms with Gasteiger partial charge in [-0.05, 0) is 43.2 Å². The first-order valence-corrected chi connectivity index (χ1v) is 6.84. The fraction of sp³-hybridized carbons (Fsp3) is 0.600. The van der Waals surface area contributed by atoms with Crippen molar-refractivity contribution in [2.24, 2.45) is 0 Å². The van der Waals surface area contributed by atoms with Crippen LogP contribution in [-0.2, 0) is 16.8 Å². The third kappa shape index (κ3) is 1.47. The van der Waals surface area contributed by atoms with Crippen LogP contribution in [0.1, 0.15) is 36.8 Å². The van der Waals surface area contributed by atoms with Crippen LogP contribution in [0.5, 0.6) is 0 Å². The lowest BCUT2D eigenvalue weighted by molar-refractivity contribution is -0.0911. The zero-order valence-electron chi connectivity index (χ0n) is 10.1. The largest absolute Gasteiger partial charge is 0.370 e. The summed E-state index contributed by atoms with van der Waals surface area (Å²) in [7, 11) is 0. The Labute approximate surface area is 102 Å². The van der Waals surface area contributed by atoms with Gasteiger partial charge < -0.3 is 10.1 Å². The zero-order chi connectivity index (χ0) is 11.3. The van der Waals surface area contributed by atoms with Gasteiger partial charge in [-0.25, -0.2) is 0 Å². The molecule has 1 aromatic carbocycles. The van der Waals surface area contributed by atoms with Crippen LogP contribution < -0.4 is 5.32 Å². The van der Waals surface area contributed by atoms with E-state index in [1.165, 1.54) is 36.8 Å². The van der Waals surface area contributed by atoms with E-state index in [1.54, 1.807) is 0 Å². The third-order valence-electron chi connectivity index (χ3n) is 4.75. The lowest BCUT2D eigenvalue weighted by Crippen LogP contribution is -2.50. The van der Waals surface area contributed by atoms with Crippen molar-refractivity contribution < 1.29 is 4.74 Å². The van der Waals surface area contributed by atoms with Gasteiger partial charge in [0.25, 0.3) is 0 Å². The fourth-order valence-corrected chi connectivity index (χ4v) is 4.06. The summed E-state index contributed by atoms with van der Waals surface area (Å²) < 4.78 is 6.27. The van der Waals surface area contributed by atoms with Crippen LogP contribution >= 0.6 is 0 Å². The molecule has 0 aliphatic carbocycles. The molecule has 0 saturated carbocycles. The highest BCUT2D eigenvalue weighted by atomic mass is 16.5. The molecule has 90 valence electrons. The standard InChI is InChI=1S/C15H19NO/c1-2-4-14-11(3-1)7-8-17-15(14)9-12-5-6-13(10-15)16-12/h1-4,12-13,16H,5-10H2. The SMILES string of the molecule is c1ccc2c(c1)CCOC21CC2CCC(C1)N2. The van der Waals surface area contributed by atoms with Gasteiger partial charge >= 0.3 is 0 Å². The Balaban J connectivity index is 1.79. The van der Waals surface area contributed by atoms with E-state index < -0.39 is 0 Å². The van der Waals surface area contributed by atoms with E-state index in [9.17, 15) is 0 Å². The van der Waals surface area contributed by atoms with Gasteiger partial charge in [0.15, 0.2) is 0 Å². The zero-order valence-corrected chi connectivity index (χ0v) is 10.1. The summed E-state index contributed by atoms with van der Waals surface area (Å²) in [5.74, 6) is 0. The predicted octanol–water partition coefficient (Wildman–Crippen LogP) is 2.37. The molecule has 17 heavy (non-hydrogen) atoms. The molecule has 2 fully saturated rings. The first kappa shape index (κ1) is 10.1. The molecule has 1 aromatic rings. The van der Waals surface area contributed by atoms with Crippen LogP contribution in [0, 0.1) is 0 Å². The number of nitrogens with one attached hydrogen (secondary N) is 1. The number of hydrogen-bond acceptors (Lipinski definition) is 2. The van der Waals surface area contributed by atoms with E-state index in [4.69, 9.17) is 4.74 Å². The Morgan fingerprint density at radius 3 is 2.71 bits per heavy atom. The predicted molar refractivity (Wildman–Crippen MR) is 67.0 cm³/mol. The number of ether oxygens (including phenoxy) is 1. The van der Waals surface area contributed by atoms with Crippen molar-refractivity contribution in [3.63, 3.8) is 0 Å². The molecule has 0 amide bonds. The van der Waals surface area contributed by atoms with Gasteiger partial charge in [0.2, 0.25) is 0 Å². The molecule has 0 aromatic heterocycles. The molecule has 1 spiro atoms. The van der Waals surface area contributed by atoms with Crippen molar-refractivity contribution in [2.45, 2.75) is 49.8 Å². The smallest absolute Gasteiger partial charge is 0.0963 e. The maximum Gasteiger partial charge on any atom is 0.0963 e. The van der Waals surface area contributed by atoms with Crippen LogP contribution in [0.25, 0.3) is 0 Å². The van der Waals surface area contributed by atoms with Gasteiger partial charge in [-0.2, -0.15) is 0 Å². The lowest BCUT2D eigenvalue weighted by atomic mass is 9.77. The second kappa shape index (κ2) is 3.56. The molecule has 4 rings (SSSR count). The molecule has 3 aliphatic heterocycles. The topological polar surface area (TPSA) is 21.3 Å². The van der Waals surface area contributed by atoms with Crippen molar-refractivity contribution >= 4 is 0 Å². The summed E-state index contributed by atoms with van der Waals surface area (Å²) in [4.78, 5) is 0. The Bertz CT molecular complexity index is 430. The van der Waals surface area contributed by atoms with Crippen LogP contribution in [0.15, 0.2) is 24.3 Å². The molecule has 2 unspecified atom stereocenters. The van der Waals surface area contributed by atoms with Crippen molar-refractivity contribution in [1.29, 1.82) is 0 Å². The van der Waals surface area contributed by atoms with E-state index in [2.05, 4.69) is 29.6 Å². The summed E-state index contributed by atoms with van der Waals surface area (Å²) in [6.45, 7) is 0.899. The summed E-state index contributed by atoms with van der Waals surface area (Å²) in [5.41, 5.74) is 3.02. The first-order chi connectivity index (χ1) is 8.36. The molecule has 0 radical (unpaired) electrons. The molecule has 1 N–H and O–H groups in total. The minimum atomic E-state index is 0.0337. The summed E-state index contributed by atoms with van der Waals surface area (Å²) >= 11 is 0. The molecule has 3 heterocycles. The van der Waals surface area contributed by atoms with Gasteiger partial charge in [0.1, 0.15) is 0 Å². The Kier molecular flexibility index (Phi) is 2.12. The fourth-order valence-electron chi connectivity index (χ4n) is 4.06. The van der Waals surface area contributed by atoms with Gasteiger partial charge in [-0.15, -0.1) is 0 Å². The Morgan fingerprint density at radius 1 is 1.12 bits per heavy atom.